The normalized spacial score (nSPS) is 12.6. The molecule has 1 atom stereocenters. The average Bonchev–Trinajstić information content (AvgIpc) is 2.55. The van der Waals surface area contributed by atoms with E-state index >= 15 is 0 Å². The van der Waals surface area contributed by atoms with Crippen molar-refractivity contribution in [2.45, 2.75) is 24.3 Å². The lowest BCUT2D eigenvalue weighted by Crippen LogP contribution is -2.30. The highest BCUT2D eigenvalue weighted by Crippen LogP contribution is 2.23. The second-order valence-corrected chi connectivity index (χ2v) is 7.38. The first-order chi connectivity index (χ1) is 11.8. The monoisotopic (exact) mass is 383 g/mol. The van der Waals surface area contributed by atoms with Gasteiger partial charge in [-0.3, -0.25) is 4.79 Å². The molecule has 0 radical (unpaired) electrons. The minimum absolute atomic E-state index is 0.0122. The number of ether oxygens (including phenoxy) is 1. The van der Waals surface area contributed by atoms with Crippen LogP contribution >= 0.6 is 11.6 Å². The SMILES string of the molecule is CCOc1ccc(C(CC(=O)O)NS(=O)(=O)c2ccc(Cl)cc2)cc1. The zero-order chi connectivity index (χ0) is 18.4. The van der Waals surface area contributed by atoms with Crippen LogP contribution in [0.5, 0.6) is 5.75 Å². The number of carbonyl (C=O) groups is 1. The Labute approximate surface area is 151 Å². The van der Waals surface area contributed by atoms with Crippen LogP contribution in [-0.2, 0) is 14.8 Å². The Bertz CT molecular complexity index is 819. The molecular formula is C17H18ClNO5S. The maximum atomic E-state index is 12.5. The third-order valence-corrected chi connectivity index (χ3v) is 5.13. The van der Waals surface area contributed by atoms with Crippen LogP contribution in [0.2, 0.25) is 5.02 Å². The van der Waals surface area contributed by atoms with Gasteiger partial charge in [-0.15, -0.1) is 0 Å². The molecule has 0 spiro atoms. The summed E-state index contributed by atoms with van der Waals surface area (Å²) in [6, 6.07) is 11.4. The number of carboxylic acids is 1. The quantitative estimate of drug-likeness (QED) is 0.730. The van der Waals surface area contributed by atoms with Crippen molar-refractivity contribution in [3.63, 3.8) is 0 Å². The van der Waals surface area contributed by atoms with Crippen LogP contribution in [0.15, 0.2) is 53.4 Å². The molecule has 2 N–H and O–H groups in total. The summed E-state index contributed by atoms with van der Waals surface area (Å²) in [6.45, 7) is 2.35. The van der Waals surface area contributed by atoms with E-state index in [2.05, 4.69) is 4.72 Å². The molecule has 0 bridgehead atoms. The van der Waals surface area contributed by atoms with Crippen molar-refractivity contribution in [2.24, 2.45) is 0 Å². The van der Waals surface area contributed by atoms with Gasteiger partial charge >= 0.3 is 5.97 Å². The Morgan fingerprint density at radius 1 is 1.16 bits per heavy atom. The van der Waals surface area contributed by atoms with E-state index in [1.807, 2.05) is 6.92 Å². The van der Waals surface area contributed by atoms with Crippen molar-refractivity contribution < 1.29 is 23.1 Å². The van der Waals surface area contributed by atoms with Crippen LogP contribution < -0.4 is 9.46 Å². The van der Waals surface area contributed by atoms with Crippen molar-refractivity contribution in [1.29, 1.82) is 0 Å². The van der Waals surface area contributed by atoms with Gasteiger partial charge in [0.05, 0.1) is 24.0 Å². The van der Waals surface area contributed by atoms with Crippen LogP contribution in [0.4, 0.5) is 0 Å². The van der Waals surface area contributed by atoms with E-state index in [-0.39, 0.29) is 11.3 Å². The maximum Gasteiger partial charge on any atom is 0.305 e. The van der Waals surface area contributed by atoms with E-state index in [1.54, 1.807) is 24.3 Å². The van der Waals surface area contributed by atoms with Crippen LogP contribution in [-0.4, -0.2) is 26.1 Å². The van der Waals surface area contributed by atoms with E-state index in [1.165, 1.54) is 24.3 Å². The lowest BCUT2D eigenvalue weighted by Gasteiger charge is -2.18. The van der Waals surface area contributed by atoms with Gasteiger partial charge in [-0.2, -0.15) is 0 Å². The summed E-state index contributed by atoms with van der Waals surface area (Å²) in [7, 11) is -3.89. The number of sulfonamides is 1. The molecule has 0 saturated carbocycles. The van der Waals surface area contributed by atoms with Crippen LogP contribution in [0, 0.1) is 0 Å². The molecular weight excluding hydrogens is 366 g/mol. The Kier molecular flexibility index (Phi) is 6.41. The van der Waals surface area contributed by atoms with Crippen molar-refractivity contribution in [2.75, 3.05) is 6.61 Å². The van der Waals surface area contributed by atoms with Gasteiger partial charge in [0, 0.05) is 5.02 Å². The molecule has 0 aliphatic rings. The molecule has 0 amide bonds. The first-order valence-corrected chi connectivity index (χ1v) is 9.40. The average molecular weight is 384 g/mol. The molecule has 0 aromatic heterocycles. The highest BCUT2D eigenvalue weighted by molar-refractivity contribution is 7.89. The van der Waals surface area contributed by atoms with Crippen molar-refractivity contribution in [1.82, 2.24) is 4.72 Å². The summed E-state index contributed by atoms with van der Waals surface area (Å²) in [5, 5.41) is 9.52. The Hall–Kier alpha value is -2.09. The van der Waals surface area contributed by atoms with E-state index in [0.29, 0.717) is 22.9 Å². The summed E-state index contributed by atoms with van der Waals surface area (Å²) in [4.78, 5) is 11.2. The number of halogens is 1. The molecule has 1 unspecified atom stereocenters. The lowest BCUT2D eigenvalue weighted by atomic mass is 10.0. The first kappa shape index (κ1) is 19.2. The second-order valence-electron chi connectivity index (χ2n) is 5.23. The van der Waals surface area contributed by atoms with E-state index in [4.69, 9.17) is 21.4 Å². The molecule has 2 rings (SSSR count). The third kappa shape index (κ3) is 5.45. The fourth-order valence-corrected chi connectivity index (χ4v) is 3.58. The first-order valence-electron chi connectivity index (χ1n) is 7.54. The number of benzene rings is 2. The minimum Gasteiger partial charge on any atom is -0.494 e. The summed E-state index contributed by atoms with van der Waals surface area (Å²) < 4.78 is 32.8. The highest BCUT2D eigenvalue weighted by atomic mass is 35.5. The van der Waals surface area contributed by atoms with Crippen LogP contribution in [0.25, 0.3) is 0 Å². The van der Waals surface area contributed by atoms with Gasteiger partial charge < -0.3 is 9.84 Å². The summed E-state index contributed by atoms with van der Waals surface area (Å²) in [5.41, 5.74) is 0.531. The standard InChI is InChI=1S/C17H18ClNO5S/c1-2-24-14-7-3-12(4-8-14)16(11-17(20)21)19-25(22,23)15-9-5-13(18)6-10-15/h3-10,16,19H,2,11H2,1H3,(H,20,21). The van der Waals surface area contributed by atoms with Gasteiger partial charge in [-0.1, -0.05) is 23.7 Å². The fourth-order valence-electron chi connectivity index (χ4n) is 2.23. The fraction of sp³-hybridized carbons (Fsp3) is 0.235. The van der Waals surface area contributed by atoms with Gasteiger partial charge in [-0.25, -0.2) is 13.1 Å². The molecule has 25 heavy (non-hydrogen) atoms. The molecule has 0 fully saturated rings. The minimum atomic E-state index is -3.89. The number of rotatable bonds is 8. The largest absolute Gasteiger partial charge is 0.494 e. The Morgan fingerprint density at radius 2 is 1.76 bits per heavy atom. The Morgan fingerprint density at radius 3 is 2.28 bits per heavy atom. The summed E-state index contributed by atoms with van der Waals surface area (Å²) in [5.74, 6) is -0.487. The molecule has 6 nitrogen and oxygen atoms in total. The molecule has 2 aromatic carbocycles. The smallest absolute Gasteiger partial charge is 0.305 e. The summed E-state index contributed by atoms with van der Waals surface area (Å²) in [6.07, 6.45) is -0.388. The number of hydrogen-bond donors (Lipinski definition) is 2. The molecule has 8 heteroatoms. The summed E-state index contributed by atoms with van der Waals surface area (Å²) >= 11 is 5.77. The van der Waals surface area contributed by atoms with Gasteiger partial charge in [0.15, 0.2) is 0 Å². The molecule has 0 saturated heterocycles. The van der Waals surface area contributed by atoms with Gasteiger partial charge in [0.25, 0.3) is 0 Å². The van der Waals surface area contributed by atoms with E-state index in [0.717, 1.165) is 0 Å². The van der Waals surface area contributed by atoms with E-state index < -0.39 is 22.0 Å². The van der Waals surface area contributed by atoms with Gasteiger partial charge in [0.1, 0.15) is 5.75 Å². The zero-order valence-electron chi connectivity index (χ0n) is 13.5. The van der Waals surface area contributed by atoms with Crippen molar-refractivity contribution in [3.8, 4) is 5.75 Å². The van der Waals surface area contributed by atoms with Gasteiger partial charge in [-0.05, 0) is 48.9 Å². The van der Waals surface area contributed by atoms with E-state index in [9.17, 15) is 13.2 Å². The molecule has 2 aromatic rings. The topological polar surface area (TPSA) is 92.7 Å². The second kappa shape index (κ2) is 8.33. The predicted octanol–water partition coefficient (Wildman–Crippen LogP) is 3.23. The predicted molar refractivity (Wildman–Crippen MR) is 94.4 cm³/mol. The molecule has 134 valence electrons. The number of hydrogen-bond acceptors (Lipinski definition) is 4. The van der Waals surface area contributed by atoms with Crippen LogP contribution in [0.3, 0.4) is 0 Å². The molecule has 0 heterocycles. The molecule has 0 aliphatic carbocycles. The molecule has 0 aliphatic heterocycles. The number of aliphatic carboxylic acids is 1. The maximum absolute atomic E-state index is 12.5. The van der Waals surface area contributed by atoms with Gasteiger partial charge in [0.2, 0.25) is 10.0 Å². The van der Waals surface area contributed by atoms with Crippen LogP contribution in [0.1, 0.15) is 24.9 Å². The van der Waals surface area contributed by atoms with Crippen molar-refractivity contribution >= 4 is 27.6 Å². The van der Waals surface area contributed by atoms with Crippen molar-refractivity contribution in [3.05, 3.63) is 59.1 Å². The Balaban J connectivity index is 2.27. The zero-order valence-corrected chi connectivity index (χ0v) is 15.0. The number of carboxylic acid groups (broad SMARTS) is 1. The lowest BCUT2D eigenvalue weighted by molar-refractivity contribution is -0.137. The highest BCUT2D eigenvalue weighted by Gasteiger charge is 2.23. The third-order valence-electron chi connectivity index (χ3n) is 3.39. The number of nitrogens with one attached hydrogen (secondary N) is 1.